The van der Waals surface area contributed by atoms with E-state index in [1.165, 1.54) is 36.8 Å². The van der Waals surface area contributed by atoms with Crippen LogP contribution < -0.4 is 14.5 Å². The zero-order valence-electron chi connectivity index (χ0n) is 16.5. The number of carbonyl (C=O) groups excluding carboxylic acids is 1. The van der Waals surface area contributed by atoms with Crippen LogP contribution in [-0.2, 0) is 14.8 Å². The van der Waals surface area contributed by atoms with Crippen LogP contribution in [0.15, 0.2) is 76.0 Å². The number of hydrazone groups is 1. The fourth-order valence-corrected chi connectivity index (χ4v) is 4.94. The fourth-order valence-electron chi connectivity index (χ4n) is 2.70. The number of nitrogens with one attached hydrogen (secondary N) is 1. The Morgan fingerprint density at radius 3 is 2.50 bits per heavy atom. The Morgan fingerprint density at radius 2 is 1.83 bits per heavy atom. The Hall–Kier alpha value is -3.17. The van der Waals surface area contributed by atoms with E-state index in [-0.39, 0.29) is 10.6 Å². The van der Waals surface area contributed by atoms with E-state index < -0.39 is 22.5 Å². The minimum absolute atomic E-state index is 0.0708. The molecule has 9 heteroatoms. The maximum Gasteiger partial charge on any atom is 0.264 e. The van der Waals surface area contributed by atoms with Crippen LogP contribution in [0, 0.1) is 6.92 Å². The highest BCUT2D eigenvalue weighted by Gasteiger charge is 2.29. The Kier molecular flexibility index (Phi) is 6.86. The van der Waals surface area contributed by atoms with Gasteiger partial charge in [-0.2, -0.15) is 5.10 Å². The summed E-state index contributed by atoms with van der Waals surface area (Å²) in [5.41, 5.74) is 3.70. The number of thiophene rings is 1. The lowest BCUT2D eigenvalue weighted by Gasteiger charge is -2.25. The number of nitrogens with zero attached hydrogens (tertiary/aromatic N) is 2. The van der Waals surface area contributed by atoms with Crippen LogP contribution in [0.1, 0.15) is 10.4 Å². The SMILES string of the molecule is COc1ccccc1N(CC(=O)N/N=C\c1sccc1C)S(=O)(=O)c1ccccc1. The van der Waals surface area contributed by atoms with E-state index in [1.807, 2.05) is 18.4 Å². The molecular formula is C21H21N3O4S2. The third-order valence-corrected chi connectivity index (χ3v) is 6.97. The summed E-state index contributed by atoms with van der Waals surface area (Å²) in [5.74, 6) is -0.242. The normalized spacial score (nSPS) is 11.4. The Bertz CT molecular complexity index is 1140. The zero-order valence-corrected chi connectivity index (χ0v) is 18.1. The van der Waals surface area contributed by atoms with Crippen LogP contribution in [0.5, 0.6) is 5.75 Å². The van der Waals surface area contributed by atoms with Crippen LogP contribution in [0.25, 0.3) is 0 Å². The van der Waals surface area contributed by atoms with Gasteiger partial charge in [-0.3, -0.25) is 9.10 Å². The maximum atomic E-state index is 13.3. The number of hydrogen-bond donors (Lipinski definition) is 1. The minimum atomic E-state index is -4.01. The summed E-state index contributed by atoms with van der Waals surface area (Å²) in [7, 11) is -2.57. The molecule has 30 heavy (non-hydrogen) atoms. The number of ether oxygens (including phenoxy) is 1. The molecule has 0 spiro atoms. The van der Waals surface area contributed by atoms with Gasteiger partial charge in [-0.25, -0.2) is 13.8 Å². The summed E-state index contributed by atoms with van der Waals surface area (Å²) in [5, 5.41) is 5.88. The van der Waals surface area contributed by atoms with Crippen molar-refractivity contribution in [1.82, 2.24) is 5.43 Å². The number of sulfonamides is 1. The first-order valence-electron chi connectivity index (χ1n) is 9.00. The van der Waals surface area contributed by atoms with Crippen LogP contribution in [0.4, 0.5) is 5.69 Å². The lowest BCUT2D eigenvalue weighted by molar-refractivity contribution is -0.119. The maximum absolute atomic E-state index is 13.3. The smallest absolute Gasteiger partial charge is 0.264 e. The molecule has 0 aliphatic carbocycles. The van der Waals surface area contributed by atoms with Gasteiger partial charge in [0.15, 0.2) is 0 Å². The van der Waals surface area contributed by atoms with E-state index >= 15 is 0 Å². The van der Waals surface area contributed by atoms with Crippen LogP contribution in [0.2, 0.25) is 0 Å². The van der Waals surface area contributed by atoms with E-state index in [0.717, 1.165) is 14.7 Å². The summed E-state index contributed by atoms with van der Waals surface area (Å²) in [6.45, 7) is 1.48. The van der Waals surface area contributed by atoms with Gasteiger partial charge in [0.05, 0.1) is 23.9 Å². The third-order valence-electron chi connectivity index (χ3n) is 4.25. The second-order valence-corrected chi connectivity index (χ2v) is 9.07. The van der Waals surface area contributed by atoms with Gasteiger partial charge in [0.2, 0.25) is 0 Å². The molecule has 0 atom stereocenters. The highest BCUT2D eigenvalue weighted by molar-refractivity contribution is 7.92. The molecule has 1 N–H and O–H groups in total. The summed E-state index contributed by atoms with van der Waals surface area (Å²) < 4.78 is 32.9. The highest BCUT2D eigenvalue weighted by atomic mass is 32.2. The Morgan fingerprint density at radius 1 is 1.13 bits per heavy atom. The minimum Gasteiger partial charge on any atom is -0.495 e. The molecule has 156 valence electrons. The van der Waals surface area contributed by atoms with Crippen LogP contribution >= 0.6 is 11.3 Å². The van der Waals surface area contributed by atoms with Gasteiger partial charge in [-0.05, 0) is 48.2 Å². The van der Waals surface area contributed by atoms with E-state index in [4.69, 9.17) is 4.74 Å². The van der Waals surface area contributed by atoms with Crippen molar-refractivity contribution in [3.63, 3.8) is 0 Å². The second kappa shape index (κ2) is 9.55. The van der Waals surface area contributed by atoms with Gasteiger partial charge >= 0.3 is 0 Å². The van der Waals surface area contributed by atoms with Crippen molar-refractivity contribution >= 4 is 39.2 Å². The van der Waals surface area contributed by atoms with Crippen molar-refractivity contribution in [3.8, 4) is 5.75 Å². The monoisotopic (exact) mass is 443 g/mol. The van der Waals surface area contributed by atoms with E-state index in [9.17, 15) is 13.2 Å². The van der Waals surface area contributed by atoms with Gasteiger partial charge in [0.25, 0.3) is 15.9 Å². The first-order valence-corrected chi connectivity index (χ1v) is 11.3. The molecule has 0 aliphatic heterocycles. The van der Waals surface area contributed by atoms with Gasteiger partial charge in [-0.1, -0.05) is 30.3 Å². The number of carbonyl (C=O) groups is 1. The van der Waals surface area contributed by atoms with Crippen molar-refractivity contribution in [2.45, 2.75) is 11.8 Å². The molecule has 0 saturated carbocycles. The molecule has 3 aromatic rings. The van der Waals surface area contributed by atoms with Crippen molar-refractivity contribution in [3.05, 3.63) is 76.5 Å². The first-order chi connectivity index (χ1) is 14.4. The molecule has 0 radical (unpaired) electrons. The number of anilines is 1. The molecule has 3 rings (SSSR count). The quantitative estimate of drug-likeness (QED) is 0.427. The zero-order chi connectivity index (χ0) is 21.6. The molecule has 0 aliphatic rings. The molecule has 0 saturated heterocycles. The summed E-state index contributed by atoms with van der Waals surface area (Å²) >= 11 is 1.50. The molecule has 0 bridgehead atoms. The van der Waals surface area contributed by atoms with Crippen LogP contribution in [0.3, 0.4) is 0 Å². The van der Waals surface area contributed by atoms with E-state index in [0.29, 0.717) is 5.75 Å². The second-order valence-electron chi connectivity index (χ2n) is 6.26. The predicted molar refractivity (Wildman–Crippen MR) is 119 cm³/mol. The largest absolute Gasteiger partial charge is 0.495 e. The molecule has 7 nitrogen and oxygen atoms in total. The van der Waals surface area contributed by atoms with Gasteiger partial charge in [0.1, 0.15) is 12.3 Å². The van der Waals surface area contributed by atoms with Crippen molar-refractivity contribution in [2.75, 3.05) is 18.0 Å². The number of para-hydroxylation sites is 2. The van der Waals surface area contributed by atoms with Crippen molar-refractivity contribution in [1.29, 1.82) is 0 Å². The van der Waals surface area contributed by atoms with Crippen molar-refractivity contribution in [2.24, 2.45) is 5.10 Å². The molecule has 0 fully saturated rings. The molecule has 1 heterocycles. The Labute approximate surface area is 179 Å². The van der Waals surface area contributed by atoms with Gasteiger partial charge < -0.3 is 4.74 Å². The molecule has 1 amide bonds. The Balaban J connectivity index is 1.89. The number of methoxy groups -OCH3 is 1. The molecule has 2 aromatic carbocycles. The van der Waals surface area contributed by atoms with E-state index in [1.54, 1.807) is 42.5 Å². The number of benzene rings is 2. The summed E-state index contributed by atoms with van der Waals surface area (Å²) in [6.07, 6.45) is 1.54. The highest BCUT2D eigenvalue weighted by Crippen LogP contribution is 2.32. The number of hydrogen-bond acceptors (Lipinski definition) is 6. The van der Waals surface area contributed by atoms with Crippen LogP contribution in [-0.4, -0.2) is 34.2 Å². The average Bonchev–Trinajstić information content (AvgIpc) is 3.17. The molecule has 0 unspecified atom stereocenters. The standard InChI is InChI=1S/C21H21N3O4S2/c1-16-12-13-29-20(16)14-22-23-21(25)15-24(18-10-6-7-11-19(18)28-2)30(26,27)17-8-4-3-5-9-17/h3-14H,15H2,1-2H3,(H,23,25)/b22-14-. The molecular weight excluding hydrogens is 422 g/mol. The van der Waals surface area contributed by atoms with Crippen molar-refractivity contribution < 1.29 is 17.9 Å². The first kappa shape index (κ1) is 21.5. The average molecular weight is 444 g/mol. The fraction of sp³-hybridized carbons (Fsp3) is 0.143. The number of rotatable bonds is 8. The molecule has 1 aromatic heterocycles. The number of aryl methyl sites for hydroxylation is 1. The number of amides is 1. The van der Waals surface area contributed by atoms with Gasteiger partial charge in [-0.15, -0.1) is 11.3 Å². The lowest BCUT2D eigenvalue weighted by Crippen LogP contribution is -2.39. The summed E-state index contributed by atoms with van der Waals surface area (Å²) in [6, 6.07) is 16.5. The van der Waals surface area contributed by atoms with Gasteiger partial charge in [0, 0.05) is 4.88 Å². The lowest BCUT2D eigenvalue weighted by atomic mass is 10.3. The summed E-state index contributed by atoms with van der Waals surface area (Å²) in [4.78, 5) is 13.5. The van der Waals surface area contributed by atoms with E-state index in [2.05, 4.69) is 10.5 Å². The topological polar surface area (TPSA) is 88.1 Å². The third kappa shape index (κ3) is 4.87. The predicted octanol–water partition coefficient (Wildman–Crippen LogP) is 3.41.